The van der Waals surface area contributed by atoms with Gasteiger partial charge in [0, 0.05) is 29.8 Å². The van der Waals surface area contributed by atoms with Gasteiger partial charge in [0.25, 0.3) is 0 Å². The Labute approximate surface area is 196 Å². The second-order valence-corrected chi connectivity index (χ2v) is 8.72. The molecule has 3 amide bonds. The first-order valence-electron chi connectivity index (χ1n) is 10.7. The summed E-state index contributed by atoms with van der Waals surface area (Å²) < 4.78 is 5.45. The third kappa shape index (κ3) is 5.40. The van der Waals surface area contributed by atoms with Crippen molar-refractivity contribution in [2.24, 2.45) is 0 Å². The van der Waals surface area contributed by atoms with E-state index in [0.29, 0.717) is 30.2 Å². The lowest BCUT2D eigenvalue weighted by atomic mass is 10.1. The van der Waals surface area contributed by atoms with Gasteiger partial charge in [0.15, 0.2) is 0 Å². The Hall–Kier alpha value is -3.65. The molecule has 170 valence electrons. The van der Waals surface area contributed by atoms with Crippen LogP contribution in [0.25, 0.3) is 0 Å². The van der Waals surface area contributed by atoms with E-state index in [9.17, 15) is 14.4 Å². The van der Waals surface area contributed by atoms with Crippen molar-refractivity contribution in [2.45, 2.75) is 25.9 Å². The Bertz CT molecular complexity index is 1150. The number of carbonyl (C=O) groups is 3. The normalized spacial score (nSPS) is 12.6. The minimum absolute atomic E-state index is 0.0211. The zero-order chi connectivity index (χ0) is 23.2. The number of benzene rings is 2. The molecular weight excluding hydrogens is 438 g/mol. The largest absolute Gasteiger partial charge is 0.496 e. The van der Waals surface area contributed by atoms with Crippen LogP contribution in [0.5, 0.6) is 5.75 Å². The van der Waals surface area contributed by atoms with Gasteiger partial charge in [-0.2, -0.15) is 0 Å². The monoisotopic (exact) mass is 463 g/mol. The standard InChI is InChI=1S/C25H25N3O4S/c1-32-22-11-5-2-7-18(22)15-27(16-19-8-6-14-33-19)24(30)12-13-25(31)28-17-23(29)26-20-9-3-4-10-21(20)28/h2-11,14H,12-13,15-17H2,1H3,(H,26,29). The third-order valence-corrected chi connectivity index (χ3v) is 6.32. The third-order valence-electron chi connectivity index (χ3n) is 5.46. The topological polar surface area (TPSA) is 79.0 Å². The highest BCUT2D eigenvalue weighted by Gasteiger charge is 2.27. The van der Waals surface area contributed by atoms with Gasteiger partial charge in [0.05, 0.1) is 25.0 Å². The molecule has 0 radical (unpaired) electrons. The molecule has 0 unspecified atom stereocenters. The Morgan fingerprint density at radius 2 is 1.82 bits per heavy atom. The first-order valence-corrected chi connectivity index (χ1v) is 11.5. The first kappa shape index (κ1) is 22.5. The van der Waals surface area contributed by atoms with Gasteiger partial charge >= 0.3 is 0 Å². The van der Waals surface area contributed by atoms with Crippen molar-refractivity contribution in [2.75, 3.05) is 23.9 Å². The van der Waals surface area contributed by atoms with Crippen molar-refractivity contribution in [1.82, 2.24) is 4.90 Å². The highest BCUT2D eigenvalue weighted by Crippen LogP contribution is 2.29. The zero-order valence-corrected chi connectivity index (χ0v) is 19.1. The Morgan fingerprint density at radius 3 is 2.61 bits per heavy atom. The maximum absolute atomic E-state index is 13.2. The van der Waals surface area contributed by atoms with Gasteiger partial charge < -0.3 is 19.9 Å². The van der Waals surface area contributed by atoms with Crippen LogP contribution in [0.1, 0.15) is 23.3 Å². The van der Waals surface area contributed by atoms with Crippen molar-refractivity contribution in [1.29, 1.82) is 0 Å². The minimum Gasteiger partial charge on any atom is -0.496 e. The fourth-order valence-electron chi connectivity index (χ4n) is 3.82. The molecule has 0 atom stereocenters. The van der Waals surface area contributed by atoms with Crippen LogP contribution in [0, 0.1) is 0 Å². The smallest absolute Gasteiger partial charge is 0.244 e. The Kier molecular flexibility index (Phi) is 7.04. The van der Waals surface area contributed by atoms with Gasteiger partial charge in [-0.15, -0.1) is 11.3 Å². The number of hydrogen-bond donors (Lipinski definition) is 1. The number of nitrogens with one attached hydrogen (secondary N) is 1. The fourth-order valence-corrected chi connectivity index (χ4v) is 4.54. The molecule has 1 N–H and O–H groups in total. The van der Waals surface area contributed by atoms with Crippen molar-refractivity contribution in [3.63, 3.8) is 0 Å². The number of amides is 3. The van der Waals surface area contributed by atoms with E-state index in [2.05, 4.69) is 5.32 Å². The summed E-state index contributed by atoms with van der Waals surface area (Å²) >= 11 is 1.58. The average molecular weight is 464 g/mol. The number of rotatable bonds is 8. The maximum atomic E-state index is 13.2. The lowest BCUT2D eigenvalue weighted by Crippen LogP contribution is -2.42. The molecule has 0 bridgehead atoms. The molecule has 1 aromatic heterocycles. The molecule has 0 saturated heterocycles. The van der Waals surface area contributed by atoms with Crippen molar-refractivity contribution >= 4 is 40.4 Å². The van der Waals surface area contributed by atoms with E-state index < -0.39 is 0 Å². The van der Waals surface area contributed by atoms with Crippen LogP contribution >= 0.6 is 11.3 Å². The zero-order valence-electron chi connectivity index (χ0n) is 18.3. The van der Waals surface area contributed by atoms with Crippen LogP contribution in [0.4, 0.5) is 11.4 Å². The van der Waals surface area contributed by atoms with Crippen molar-refractivity contribution in [3.8, 4) is 5.75 Å². The van der Waals surface area contributed by atoms with Crippen LogP contribution in [0.3, 0.4) is 0 Å². The predicted octanol–water partition coefficient (Wildman–Crippen LogP) is 4.05. The molecule has 8 heteroatoms. The molecule has 0 saturated carbocycles. The number of nitrogens with zero attached hydrogens (tertiary/aromatic N) is 2. The summed E-state index contributed by atoms with van der Waals surface area (Å²) in [7, 11) is 1.61. The van der Waals surface area contributed by atoms with Crippen molar-refractivity contribution < 1.29 is 19.1 Å². The summed E-state index contributed by atoms with van der Waals surface area (Å²) in [6, 6.07) is 18.7. The van der Waals surface area contributed by atoms with E-state index in [1.165, 1.54) is 4.90 Å². The molecule has 0 aliphatic carbocycles. The summed E-state index contributed by atoms with van der Waals surface area (Å²) in [6.07, 6.45) is 0.0763. The van der Waals surface area contributed by atoms with Crippen LogP contribution in [-0.2, 0) is 27.5 Å². The summed E-state index contributed by atoms with van der Waals surface area (Å²) in [6.45, 7) is 0.783. The summed E-state index contributed by atoms with van der Waals surface area (Å²) in [4.78, 5) is 42.5. The molecular formula is C25H25N3O4S. The quantitative estimate of drug-likeness (QED) is 0.547. The maximum Gasteiger partial charge on any atom is 0.244 e. The molecule has 4 rings (SSSR count). The predicted molar refractivity (Wildman–Crippen MR) is 128 cm³/mol. The van der Waals surface area contributed by atoms with E-state index >= 15 is 0 Å². The molecule has 33 heavy (non-hydrogen) atoms. The molecule has 1 aliphatic heterocycles. The van der Waals surface area contributed by atoms with Crippen LogP contribution in [-0.4, -0.2) is 36.3 Å². The summed E-state index contributed by atoms with van der Waals surface area (Å²) in [5.41, 5.74) is 2.15. The van der Waals surface area contributed by atoms with Gasteiger partial charge in [-0.3, -0.25) is 14.4 Å². The van der Waals surface area contributed by atoms with E-state index in [0.717, 1.165) is 10.4 Å². The number of ether oxygens (including phenoxy) is 1. The van der Waals surface area contributed by atoms with E-state index in [1.54, 1.807) is 41.5 Å². The van der Waals surface area contributed by atoms with Gasteiger partial charge in [-0.05, 0) is 29.6 Å². The SMILES string of the molecule is COc1ccccc1CN(Cc1cccs1)C(=O)CCC(=O)N1CC(=O)Nc2ccccc21. The number of anilines is 2. The van der Waals surface area contributed by atoms with Crippen LogP contribution < -0.4 is 15.0 Å². The average Bonchev–Trinajstić information content (AvgIpc) is 3.35. The van der Waals surface area contributed by atoms with Gasteiger partial charge in [-0.1, -0.05) is 36.4 Å². The lowest BCUT2D eigenvalue weighted by molar-refractivity contribution is -0.134. The number of fused-ring (bicyclic) bond motifs is 1. The van der Waals surface area contributed by atoms with Crippen molar-refractivity contribution in [3.05, 3.63) is 76.5 Å². The molecule has 0 spiro atoms. The number of methoxy groups -OCH3 is 1. The molecule has 3 aromatic rings. The van der Waals surface area contributed by atoms with Gasteiger partial charge in [0.1, 0.15) is 12.3 Å². The molecule has 0 fully saturated rings. The lowest BCUT2D eigenvalue weighted by Gasteiger charge is -2.29. The Balaban J connectivity index is 1.46. The fraction of sp³-hybridized carbons (Fsp3) is 0.240. The minimum atomic E-state index is -0.251. The second-order valence-electron chi connectivity index (χ2n) is 7.69. The summed E-state index contributed by atoms with van der Waals surface area (Å²) in [5.74, 6) is 0.0915. The number of thiophene rings is 1. The van der Waals surface area contributed by atoms with Crippen LogP contribution in [0.2, 0.25) is 0 Å². The van der Waals surface area contributed by atoms with E-state index in [-0.39, 0.29) is 37.1 Å². The number of para-hydroxylation sites is 3. The second kappa shape index (κ2) is 10.3. The molecule has 7 nitrogen and oxygen atoms in total. The molecule has 1 aliphatic rings. The Morgan fingerprint density at radius 1 is 1.03 bits per heavy atom. The number of hydrogen-bond acceptors (Lipinski definition) is 5. The van der Waals surface area contributed by atoms with Gasteiger partial charge in [-0.25, -0.2) is 0 Å². The van der Waals surface area contributed by atoms with Gasteiger partial charge in [0.2, 0.25) is 17.7 Å². The van der Waals surface area contributed by atoms with Crippen LogP contribution in [0.15, 0.2) is 66.0 Å². The molecule has 2 aromatic carbocycles. The highest BCUT2D eigenvalue weighted by atomic mass is 32.1. The highest BCUT2D eigenvalue weighted by molar-refractivity contribution is 7.09. The summed E-state index contributed by atoms with van der Waals surface area (Å²) in [5, 5.41) is 4.75. The first-order chi connectivity index (χ1) is 16.0. The van der Waals surface area contributed by atoms with E-state index in [1.807, 2.05) is 47.8 Å². The number of carbonyl (C=O) groups excluding carboxylic acids is 3. The molecule has 2 heterocycles. The van der Waals surface area contributed by atoms with E-state index in [4.69, 9.17) is 4.74 Å².